The predicted molar refractivity (Wildman–Crippen MR) is 94.6 cm³/mol. The molecular weight excluding hydrogens is 290 g/mol. The van der Waals surface area contributed by atoms with Crippen LogP contribution in [0.3, 0.4) is 0 Å². The van der Waals surface area contributed by atoms with Crippen molar-refractivity contribution in [2.75, 3.05) is 26.8 Å². The molecule has 5 heteroatoms. The molecule has 2 N–H and O–H groups in total. The molecule has 128 valence electrons. The highest BCUT2D eigenvalue weighted by molar-refractivity contribution is 5.80. The monoisotopic (exact) mass is 319 g/mol. The van der Waals surface area contributed by atoms with E-state index in [9.17, 15) is 0 Å². The van der Waals surface area contributed by atoms with Gasteiger partial charge < -0.3 is 20.1 Å². The van der Waals surface area contributed by atoms with Crippen LogP contribution in [0.2, 0.25) is 0 Å². The molecule has 0 radical (unpaired) electrons. The zero-order valence-electron chi connectivity index (χ0n) is 14.7. The third kappa shape index (κ3) is 5.34. The van der Waals surface area contributed by atoms with Crippen LogP contribution in [-0.2, 0) is 6.42 Å². The van der Waals surface area contributed by atoms with Gasteiger partial charge in [0.25, 0.3) is 0 Å². The van der Waals surface area contributed by atoms with E-state index in [0.717, 1.165) is 36.3 Å². The van der Waals surface area contributed by atoms with Crippen molar-refractivity contribution in [1.29, 1.82) is 0 Å². The maximum atomic E-state index is 5.67. The Hall–Kier alpha value is -1.91. The summed E-state index contributed by atoms with van der Waals surface area (Å²) < 4.78 is 11.3. The molecule has 0 amide bonds. The molecule has 1 aliphatic rings. The highest BCUT2D eigenvalue weighted by atomic mass is 16.5. The molecule has 0 spiro atoms. The molecule has 0 aliphatic heterocycles. The average molecular weight is 319 g/mol. The van der Waals surface area contributed by atoms with Crippen molar-refractivity contribution in [3.8, 4) is 11.5 Å². The number of hydrogen-bond donors (Lipinski definition) is 2. The van der Waals surface area contributed by atoms with Gasteiger partial charge in [0.15, 0.2) is 17.5 Å². The summed E-state index contributed by atoms with van der Waals surface area (Å²) in [5.74, 6) is 3.27. The van der Waals surface area contributed by atoms with Gasteiger partial charge >= 0.3 is 0 Å². The number of rotatable bonds is 8. The van der Waals surface area contributed by atoms with E-state index in [1.165, 1.54) is 12.0 Å². The largest absolute Gasteiger partial charge is 0.490 e. The minimum Gasteiger partial charge on any atom is -0.490 e. The Morgan fingerprint density at radius 2 is 1.91 bits per heavy atom. The molecule has 1 aromatic rings. The second-order valence-corrected chi connectivity index (χ2v) is 5.86. The Balaban J connectivity index is 1.85. The molecular formula is C18H29N3O2. The van der Waals surface area contributed by atoms with Gasteiger partial charge in [-0.1, -0.05) is 13.0 Å². The van der Waals surface area contributed by atoms with E-state index >= 15 is 0 Å². The Kier molecular flexibility index (Phi) is 6.56. The van der Waals surface area contributed by atoms with Crippen LogP contribution < -0.4 is 20.1 Å². The van der Waals surface area contributed by atoms with Gasteiger partial charge in [0.2, 0.25) is 0 Å². The average Bonchev–Trinajstić information content (AvgIpc) is 3.24. The summed E-state index contributed by atoms with van der Waals surface area (Å²) in [5.41, 5.74) is 1.22. The van der Waals surface area contributed by atoms with E-state index < -0.39 is 0 Å². The van der Waals surface area contributed by atoms with Crippen molar-refractivity contribution >= 4 is 5.96 Å². The first kappa shape index (κ1) is 17.4. The Morgan fingerprint density at radius 3 is 2.52 bits per heavy atom. The number of hydrogen-bond acceptors (Lipinski definition) is 3. The predicted octanol–water partition coefficient (Wildman–Crippen LogP) is 2.60. The standard InChI is InChI=1S/C18H29N3O2/c1-5-22-16-8-7-14(12-17(16)23-6-2)9-10-20-18(19-4)21-15-11-13(15)3/h7-8,12-13,15H,5-6,9-11H2,1-4H3,(H2,19,20,21). The minimum absolute atomic E-state index is 0.580. The van der Waals surface area contributed by atoms with Crippen molar-refractivity contribution < 1.29 is 9.47 Å². The van der Waals surface area contributed by atoms with E-state index in [0.29, 0.717) is 19.3 Å². The Morgan fingerprint density at radius 1 is 1.22 bits per heavy atom. The van der Waals surface area contributed by atoms with Gasteiger partial charge in [0.1, 0.15) is 0 Å². The lowest BCUT2D eigenvalue weighted by Gasteiger charge is -2.14. The molecule has 0 heterocycles. The molecule has 5 nitrogen and oxygen atoms in total. The Labute approximate surface area is 139 Å². The summed E-state index contributed by atoms with van der Waals surface area (Å²) in [5, 5.41) is 6.80. The number of aliphatic imine (C=N–C) groups is 1. The number of guanidine groups is 1. The van der Waals surface area contributed by atoms with Gasteiger partial charge in [0.05, 0.1) is 13.2 Å². The third-order valence-electron chi connectivity index (χ3n) is 3.97. The van der Waals surface area contributed by atoms with Crippen molar-refractivity contribution in [2.45, 2.75) is 39.7 Å². The highest BCUT2D eigenvalue weighted by Crippen LogP contribution is 2.29. The lowest BCUT2D eigenvalue weighted by molar-refractivity contribution is 0.287. The van der Waals surface area contributed by atoms with Crippen molar-refractivity contribution in [1.82, 2.24) is 10.6 Å². The second kappa shape index (κ2) is 8.65. The molecule has 0 saturated heterocycles. The zero-order chi connectivity index (χ0) is 16.7. The van der Waals surface area contributed by atoms with E-state index in [4.69, 9.17) is 9.47 Å². The minimum atomic E-state index is 0.580. The van der Waals surface area contributed by atoms with E-state index in [-0.39, 0.29) is 0 Å². The van der Waals surface area contributed by atoms with E-state index in [1.54, 1.807) is 0 Å². The highest BCUT2D eigenvalue weighted by Gasteiger charge is 2.33. The SMILES string of the molecule is CCOc1ccc(CCNC(=NC)NC2CC2C)cc1OCC. The first-order valence-electron chi connectivity index (χ1n) is 8.53. The number of nitrogens with zero attached hydrogens (tertiary/aromatic N) is 1. The van der Waals surface area contributed by atoms with Crippen molar-refractivity contribution in [3.63, 3.8) is 0 Å². The van der Waals surface area contributed by atoms with Crippen LogP contribution in [0.1, 0.15) is 32.8 Å². The molecule has 1 fully saturated rings. The second-order valence-electron chi connectivity index (χ2n) is 5.86. The molecule has 0 bridgehead atoms. The summed E-state index contributed by atoms with van der Waals surface area (Å²) in [6.07, 6.45) is 2.14. The van der Waals surface area contributed by atoms with Crippen molar-refractivity contribution in [3.05, 3.63) is 23.8 Å². The lowest BCUT2D eigenvalue weighted by atomic mass is 10.1. The summed E-state index contributed by atoms with van der Waals surface area (Å²) in [4.78, 5) is 4.27. The topological polar surface area (TPSA) is 54.9 Å². The number of nitrogens with one attached hydrogen (secondary N) is 2. The van der Waals surface area contributed by atoms with E-state index in [1.807, 2.05) is 27.0 Å². The molecule has 1 aliphatic carbocycles. The van der Waals surface area contributed by atoms with Gasteiger partial charge in [-0.2, -0.15) is 0 Å². The maximum Gasteiger partial charge on any atom is 0.191 e. The fourth-order valence-corrected chi connectivity index (χ4v) is 2.47. The van der Waals surface area contributed by atoms with Crippen LogP contribution in [0.4, 0.5) is 0 Å². The zero-order valence-corrected chi connectivity index (χ0v) is 14.7. The quantitative estimate of drug-likeness (QED) is 0.571. The van der Waals surface area contributed by atoms with Crippen LogP contribution >= 0.6 is 0 Å². The summed E-state index contributed by atoms with van der Waals surface area (Å²) >= 11 is 0. The van der Waals surface area contributed by atoms with E-state index in [2.05, 4.69) is 34.7 Å². The van der Waals surface area contributed by atoms with Gasteiger partial charge in [-0.25, -0.2) is 0 Å². The molecule has 2 atom stereocenters. The number of ether oxygens (including phenoxy) is 2. The van der Waals surface area contributed by atoms with Gasteiger partial charge in [0, 0.05) is 19.6 Å². The lowest BCUT2D eigenvalue weighted by Crippen LogP contribution is -2.39. The van der Waals surface area contributed by atoms with Crippen LogP contribution in [0.25, 0.3) is 0 Å². The summed E-state index contributed by atoms with van der Waals surface area (Å²) in [6, 6.07) is 6.73. The van der Waals surface area contributed by atoms with Gasteiger partial charge in [-0.3, -0.25) is 4.99 Å². The van der Waals surface area contributed by atoms with Crippen LogP contribution in [0.5, 0.6) is 11.5 Å². The molecule has 23 heavy (non-hydrogen) atoms. The molecule has 1 aromatic carbocycles. The van der Waals surface area contributed by atoms with Gasteiger partial charge in [-0.05, 0) is 50.3 Å². The van der Waals surface area contributed by atoms with Crippen LogP contribution in [0.15, 0.2) is 23.2 Å². The molecule has 2 rings (SSSR count). The smallest absolute Gasteiger partial charge is 0.191 e. The fraction of sp³-hybridized carbons (Fsp3) is 0.611. The van der Waals surface area contributed by atoms with Crippen LogP contribution in [0, 0.1) is 5.92 Å². The maximum absolute atomic E-state index is 5.67. The molecule has 1 saturated carbocycles. The summed E-state index contributed by atoms with van der Waals surface area (Å²) in [6.45, 7) is 8.33. The molecule has 0 aromatic heterocycles. The number of benzene rings is 1. The van der Waals surface area contributed by atoms with Crippen LogP contribution in [-0.4, -0.2) is 38.8 Å². The Bertz CT molecular complexity index is 531. The first-order chi connectivity index (χ1) is 11.2. The molecule has 2 unspecified atom stereocenters. The first-order valence-corrected chi connectivity index (χ1v) is 8.53. The fourth-order valence-electron chi connectivity index (χ4n) is 2.47. The van der Waals surface area contributed by atoms with Gasteiger partial charge in [-0.15, -0.1) is 0 Å². The third-order valence-corrected chi connectivity index (χ3v) is 3.97. The normalized spacial score (nSPS) is 20.1. The van der Waals surface area contributed by atoms with Crippen molar-refractivity contribution in [2.24, 2.45) is 10.9 Å². The summed E-state index contributed by atoms with van der Waals surface area (Å²) in [7, 11) is 1.81.